The van der Waals surface area contributed by atoms with Crippen molar-refractivity contribution in [1.29, 1.82) is 0 Å². The maximum Gasteiger partial charge on any atom is 0.534 e. The van der Waals surface area contributed by atoms with Gasteiger partial charge in [-0.15, -0.1) is 0 Å². The van der Waals surface area contributed by atoms with Crippen molar-refractivity contribution in [2.24, 2.45) is 0 Å². The van der Waals surface area contributed by atoms with E-state index in [4.69, 9.17) is 34.7 Å². The Kier molecular flexibility index (Phi) is 9.49. The van der Waals surface area contributed by atoms with Crippen LogP contribution in [0.3, 0.4) is 0 Å². The van der Waals surface area contributed by atoms with E-state index in [1.165, 1.54) is 10.9 Å². The number of imidazole rings is 2. The van der Waals surface area contributed by atoms with Crippen LogP contribution in [0, 0.1) is 0 Å². The molecular formula is C20H26FN10O12P2+. The largest absolute Gasteiger partial charge is 0.534 e. The number of aliphatic hydroxyl groups is 2. The Morgan fingerprint density at radius 3 is 2.67 bits per heavy atom. The fraction of sp³-hybridized carbons (Fsp3) is 0.500. The van der Waals surface area contributed by atoms with Crippen molar-refractivity contribution in [3.8, 4) is 0 Å². The molecule has 1 fully saturated rings. The lowest BCUT2D eigenvalue weighted by Crippen LogP contribution is -2.36. The van der Waals surface area contributed by atoms with E-state index in [1.54, 1.807) is 0 Å². The molecule has 0 spiro atoms. The van der Waals surface area contributed by atoms with Crippen LogP contribution in [0.1, 0.15) is 19.4 Å². The highest BCUT2D eigenvalue weighted by Crippen LogP contribution is 2.47. The van der Waals surface area contributed by atoms with Crippen molar-refractivity contribution >= 4 is 49.9 Å². The van der Waals surface area contributed by atoms with Crippen LogP contribution in [0.2, 0.25) is 0 Å². The molecule has 0 amide bonds. The second kappa shape index (κ2) is 13.0. The number of nitrogens with two attached hydrogens (primary N) is 2. The summed E-state index contributed by atoms with van der Waals surface area (Å²) >= 11 is 0. The first-order chi connectivity index (χ1) is 21.3. The fourth-order valence-corrected chi connectivity index (χ4v) is 5.82. The summed E-state index contributed by atoms with van der Waals surface area (Å²) in [5.74, 6) is -0.293. The van der Waals surface area contributed by atoms with Crippen LogP contribution in [0.4, 0.5) is 16.2 Å². The zero-order valence-corrected chi connectivity index (χ0v) is 24.6. The van der Waals surface area contributed by atoms with Crippen molar-refractivity contribution in [1.82, 2.24) is 39.0 Å². The van der Waals surface area contributed by atoms with Gasteiger partial charge in [-0.1, -0.05) is 0 Å². The maximum absolute atomic E-state index is 13.6. The van der Waals surface area contributed by atoms with E-state index in [9.17, 15) is 38.3 Å². The Bertz CT molecular complexity index is 1800. The third kappa shape index (κ3) is 6.98. The SMILES string of the molecule is C[C@H](OP(=O)(O)OC[C@H]1O[C@@H](n2cnc3c(N)ncnc32)C(O)C1OC[P+](=O)O)[C@@H](OC(O)F)n1cnc2c(=O)[nH]c(N)nc21. The Labute approximate surface area is 250 Å². The normalized spacial score (nSPS) is 24.1. The molecule has 0 aromatic carbocycles. The number of aliphatic hydroxyl groups excluding tert-OH is 2. The fourth-order valence-electron chi connectivity index (χ4n) is 4.60. The molecule has 22 nitrogen and oxygen atoms in total. The number of phosphoric ester groups is 1. The Morgan fingerprint density at radius 1 is 1.22 bits per heavy atom. The lowest BCUT2D eigenvalue weighted by molar-refractivity contribution is -0.246. The number of ether oxygens (including phenoxy) is 3. The van der Waals surface area contributed by atoms with Crippen LogP contribution < -0.4 is 17.0 Å². The molecular weight excluding hydrogens is 653 g/mol. The number of rotatable bonds is 13. The summed E-state index contributed by atoms with van der Waals surface area (Å²) in [7, 11) is -7.91. The minimum Gasteiger partial charge on any atom is -0.386 e. The molecule has 1 aliphatic heterocycles. The second-order valence-corrected chi connectivity index (χ2v) is 11.8. The van der Waals surface area contributed by atoms with Crippen molar-refractivity contribution in [2.75, 3.05) is 24.4 Å². The lowest BCUT2D eigenvalue weighted by atomic mass is 10.1. The third-order valence-electron chi connectivity index (χ3n) is 6.43. The van der Waals surface area contributed by atoms with E-state index >= 15 is 0 Å². The molecule has 5 rings (SSSR count). The third-order valence-corrected chi connectivity index (χ3v) is 7.87. The first-order valence-electron chi connectivity index (χ1n) is 12.6. The number of fused-ring (bicyclic) bond motifs is 2. The molecule has 0 saturated carbocycles. The van der Waals surface area contributed by atoms with E-state index in [0.29, 0.717) is 0 Å². The molecule has 0 bridgehead atoms. The van der Waals surface area contributed by atoms with E-state index in [2.05, 4.69) is 29.9 Å². The van der Waals surface area contributed by atoms with Gasteiger partial charge in [0.25, 0.3) is 11.9 Å². The van der Waals surface area contributed by atoms with Crippen LogP contribution in [0.25, 0.3) is 22.3 Å². The number of hydrogen-bond donors (Lipinski definition) is 7. The second-order valence-electron chi connectivity index (χ2n) is 9.42. The van der Waals surface area contributed by atoms with Gasteiger partial charge in [0.15, 0.2) is 35.1 Å². The first-order valence-corrected chi connectivity index (χ1v) is 15.5. The molecule has 1 saturated heterocycles. The average molecular weight is 679 g/mol. The zero-order chi connectivity index (χ0) is 32.6. The van der Waals surface area contributed by atoms with Crippen molar-refractivity contribution in [3.05, 3.63) is 29.3 Å². The summed E-state index contributed by atoms with van der Waals surface area (Å²) in [5.41, 5.74) is 10.5. The summed E-state index contributed by atoms with van der Waals surface area (Å²) < 4.78 is 66.3. The van der Waals surface area contributed by atoms with Gasteiger partial charge >= 0.3 is 22.4 Å². The highest BCUT2D eigenvalue weighted by molar-refractivity contribution is 7.47. The van der Waals surface area contributed by atoms with Crippen LogP contribution >= 0.6 is 15.9 Å². The van der Waals surface area contributed by atoms with Gasteiger partial charge in [0, 0.05) is 0 Å². The number of phosphoric acid groups is 1. The van der Waals surface area contributed by atoms with E-state index in [1.807, 2.05) is 0 Å². The number of nitrogens with one attached hydrogen (secondary N) is 1. The molecule has 5 unspecified atom stereocenters. The van der Waals surface area contributed by atoms with Crippen molar-refractivity contribution < 1.29 is 56.8 Å². The maximum atomic E-state index is 13.6. The molecule has 1 aliphatic rings. The van der Waals surface area contributed by atoms with Crippen LogP contribution in [0.15, 0.2) is 23.8 Å². The number of anilines is 2. The highest BCUT2D eigenvalue weighted by atomic mass is 31.2. The van der Waals surface area contributed by atoms with Crippen LogP contribution in [-0.2, 0) is 32.4 Å². The van der Waals surface area contributed by atoms with Gasteiger partial charge < -0.3 is 36.0 Å². The number of nitrogen functional groups attached to an aromatic ring is 2. The number of nitrogens with zero attached hydrogens (tertiary/aromatic N) is 7. The smallest absolute Gasteiger partial charge is 0.386 e. The van der Waals surface area contributed by atoms with Crippen LogP contribution in [0.5, 0.6) is 0 Å². The predicted octanol–water partition coefficient (Wildman–Crippen LogP) is -1.26. The van der Waals surface area contributed by atoms with E-state index in [-0.39, 0.29) is 34.1 Å². The minimum atomic E-state index is -5.10. The predicted molar refractivity (Wildman–Crippen MR) is 145 cm³/mol. The molecule has 4 aromatic rings. The zero-order valence-electron chi connectivity index (χ0n) is 22.8. The summed E-state index contributed by atoms with van der Waals surface area (Å²) in [6, 6.07) is 0. The summed E-state index contributed by atoms with van der Waals surface area (Å²) in [6.07, 6.45) is -6.23. The minimum absolute atomic E-state index is 0.0426. The molecule has 0 aliphatic carbocycles. The number of halogens is 1. The van der Waals surface area contributed by atoms with E-state index in [0.717, 1.165) is 24.1 Å². The quantitative estimate of drug-likeness (QED) is 0.0640. The molecule has 25 heteroatoms. The molecule has 9 N–H and O–H groups in total. The van der Waals surface area contributed by atoms with Gasteiger partial charge in [-0.05, 0) is 11.5 Å². The van der Waals surface area contributed by atoms with Gasteiger partial charge in [-0.3, -0.25) is 32.7 Å². The van der Waals surface area contributed by atoms with Crippen LogP contribution in [-0.4, -0.2) is 103 Å². The molecule has 0 radical (unpaired) electrons. The standard InChI is InChI=1S/C20H25FN10O12P2/c1-7(17(42-19(21)34)31-5-27-10-15(31)28-20(23)29-16(10)33)43-45(37,38)40-2-8-12(39-6-44(35)36)11(32)18(41-8)30-4-26-9-13(22)24-3-25-14(9)30/h3-5,7-8,11-12,17-19,32,34H,2,6H2,1H3,(H6-,22,23,24,25,28,29,33,35,36,37,38)/p+1/t7-,8+,11?,12?,17+,18+,19?/m0/s1. The Hall–Kier alpha value is -3.60. The first kappa shape index (κ1) is 32.8. The molecule has 9 atom stereocenters. The van der Waals surface area contributed by atoms with Gasteiger partial charge in [-0.2, -0.15) is 14.3 Å². The number of alkyl halides is 1. The Balaban J connectivity index is 1.34. The van der Waals surface area contributed by atoms with Gasteiger partial charge in [0.05, 0.1) is 19.3 Å². The molecule has 5 heterocycles. The molecule has 244 valence electrons. The monoisotopic (exact) mass is 679 g/mol. The van der Waals surface area contributed by atoms with Gasteiger partial charge in [0.2, 0.25) is 5.95 Å². The number of hydrogen-bond acceptors (Lipinski definition) is 17. The van der Waals surface area contributed by atoms with Crippen molar-refractivity contribution in [3.63, 3.8) is 0 Å². The van der Waals surface area contributed by atoms with E-state index < -0.39 is 77.8 Å². The summed E-state index contributed by atoms with van der Waals surface area (Å²) in [4.78, 5) is 53.8. The highest BCUT2D eigenvalue weighted by Gasteiger charge is 2.48. The topological polar surface area (TPSA) is 320 Å². The molecule has 45 heavy (non-hydrogen) atoms. The Morgan fingerprint density at radius 2 is 1.96 bits per heavy atom. The summed E-state index contributed by atoms with van der Waals surface area (Å²) in [5, 5.41) is 20.3. The number of aromatic amines is 1. The number of H-pyrrole nitrogens is 1. The average Bonchev–Trinajstić information content (AvgIpc) is 3.65. The molecule has 4 aromatic heterocycles. The van der Waals surface area contributed by atoms with Gasteiger partial charge in [0.1, 0.15) is 36.3 Å². The van der Waals surface area contributed by atoms with Crippen molar-refractivity contribution in [2.45, 2.75) is 50.3 Å². The lowest BCUT2D eigenvalue weighted by Gasteiger charge is -2.27. The summed E-state index contributed by atoms with van der Waals surface area (Å²) in [6.45, 7) is -2.56. The number of aromatic nitrogens is 8. The van der Waals surface area contributed by atoms with Gasteiger partial charge in [-0.25, -0.2) is 24.5 Å².